The maximum Gasteiger partial charge on any atom is 0.331 e. The Morgan fingerprint density at radius 1 is 0.939 bits per heavy atom. The van der Waals surface area contributed by atoms with Crippen LogP contribution in [-0.4, -0.2) is 79.8 Å². The van der Waals surface area contributed by atoms with Crippen molar-refractivity contribution in [2.45, 2.75) is 31.2 Å². The minimum absolute atomic E-state index is 0.126. The molecule has 2 rings (SSSR count). The molecule has 0 bridgehead atoms. The summed E-state index contributed by atoms with van der Waals surface area (Å²) in [7, 11) is 0. The smallest absolute Gasteiger partial charge is 0.331 e. The second-order valence-corrected chi connectivity index (χ2v) is 7.34. The molecule has 0 fully saturated rings. The predicted octanol–water partition coefficient (Wildman–Crippen LogP) is 0.797. The summed E-state index contributed by atoms with van der Waals surface area (Å²) in [4.78, 5) is 12.1. The molecule has 2 aromatic carbocycles. The van der Waals surface area contributed by atoms with Gasteiger partial charge in [-0.3, -0.25) is 0 Å². The first-order valence-electron chi connectivity index (χ1n) is 10.2. The summed E-state index contributed by atoms with van der Waals surface area (Å²) in [5.41, 5.74) is 1.13. The van der Waals surface area contributed by atoms with Crippen LogP contribution in [0.5, 0.6) is 23.0 Å². The molecule has 7 N–H and O–H groups in total. The number of carbonyl (C=O) groups is 1. The van der Waals surface area contributed by atoms with Crippen molar-refractivity contribution in [1.82, 2.24) is 0 Å². The van der Waals surface area contributed by atoms with Gasteiger partial charge in [-0.1, -0.05) is 12.1 Å². The van der Waals surface area contributed by atoms with Crippen molar-refractivity contribution in [1.29, 1.82) is 0 Å². The first kappa shape index (κ1) is 25.9. The highest BCUT2D eigenvalue weighted by Gasteiger charge is 2.25. The van der Waals surface area contributed by atoms with Crippen LogP contribution < -0.4 is 0 Å². The Morgan fingerprint density at radius 3 is 2.24 bits per heavy atom. The van der Waals surface area contributed by atoms with Crippen molar-refractivity contribution in [3.8, 4) is 23.0 Å². The zero-order valence-electron chi connectivity index (χ0n) is 17.7. The first-order valence-corrected chi connectivity index (χ1v) is 10.2. The van der Waals surface area contributed by atoms with Gasteiger partial charge < -0.3 is 45.2 Å². The van der Waals surface area contributed by atoms with Gasteiger partial charge in [-0.25, -0.2) is 4.79 Å². The second-order valence-electron chi connectivity index (χ2n) is 7.34. The number of esters is 1. The largest absolute Gasteiger partial charge is 0.504 e. The minimum atomic E-state index is -1.42. The van der Waals surface area contributed by atoms with E-state index in [2.05, 4.69) is 0 Å². The van der Waals surface area contributed by atoms with Crippen molar-refractivity contribution in [3.63, 3.8) is 0 Å². The average Bonchev–Trinajstić information content (AvgIpc) is 2.78. The quantitative estimate of drug-likeness (QED) is 0.103. The van der Waals surface area contributed by atoms with E-state index >= 15 is 0 Å². The van der Waals surface area contributed by atoms with Crippen molar-refractivity contribution in [2.75, 3.05) is 19.8 Å². The van der Waals surface area contributed by atoms with E-state index in [0.717, 1.165) is 11.6 Å². The van der Waals surface area contributed by atoms with Crippen LogP contribution >= 0.6 is 0 Å². The molecule has 0 spiro atoms. The maximum atomic E-state index is 12.1. The van der Waals surface area contributed by atoms with Crippen molar-refractivity contribution in [3.05, 3.63) is 53.6 Å². The molecule has 180 valence electrons. The van der Waals surface area contributed by atoms with Crippen LogP contribution in [0.4, 0.5) is 0 Å². The number of carbonyl (C=O) groups excluding carboxylic acids is 1. The van der Waals surface area contributed by atoms with Crippen LogP contribution in [0, 0.1) is 0 Å². The minimum Gasteiger partial charge on any atom is -0.504 e. The third-order valence-corrected chi connectivity index (χ3v) is 4.68. The summed E-state index contributed by atoms with van der Waals surface area (Å²) in [5, 5.41) is 66.9. The van der Waals surface area contributed by atoms with Gasteiger partial charge in [-0.2, -0.15) is 0 Å². The molecule has 0 saturated heterocycles. The van der Waals surface area contributed by atoms with E-state index in [0.29, 0.717) is 12.0 Å². The summed E-state index contributed by atoms with van der Waals surface area (Å²) in [6.45, 7) is -0.610. The number of ether oxygens (including phenoxy) is 2. The van der Waals surface area contributed by atoms with Crippen LogP contribution in [0.25, 0.3) is 6.08 Å². The van der Waals surface area contributed by atoms with Gasteiger partial charge in [0, 0.05) is 12.5 Å². The van der Waals surface area contributed by atoms with Gasteiger partial charge in [0.1, 0.15) is 12.2 Å². The molecule has 0 aliphatic carbocycles. The van der Waals surface area contributed by atoms with E-state index in [1.807, 2.05) is 0 Å². The fourth-order valence-electron chi connectivity index (χ4n) is 2.87. The van der Waals surface area contributed by atoms with Gasteiger partial charge >= 0.3 is 5.97 Å². The summed E-state index contributed by atoms with van der Waals surface area (Å²) < 4.78 is 10.5. The number of aromatic hydroxyl groups is 4. The molecule has 0 aliphatic rings. The van der Waals surface area contributed by atoms with E-state index in [4.69, 9.17) is 9.47 Å². The van der Waals surface area contributed by atoms with Gasteiger partial charge in [0.05, 0.1) is 25.9 Å². The Bertz CT molecular complexity index is 943. The van der Waals surface area contributed by atoms with Crippen molar-refractivity contribution in [2.24, 2.45) is 0 Å². The van der Waals surface area contributed by atoms with Gasteiger partial charge in [0.2, 0.25) is 0 Å². The standard InChI is InChI=1S/C23H28O10/c24-12-21(30)22(33-23(31)6-3-14-1-4-17(26)19(28)9-14)11-16(25)13-32-8-7-15-2-5-18(27)20(29)10-15/h1-6,9-10,16,21-22,24-30H,7-8,11-13H2/b6-3+/t16-,21-,22+/m1/s1. The molecular formula is C23H28O10. The van der Waals surface area contributed by atoms with E-state index in [-0.39, 0.29) is 42.6 Å². The van der Waals surface area contributed by atoms with Gasteiger partial charge in [-0.05, 0) is 47.9 Å². The molecule has 0 saturated carbocycles. The highest BCUT2D eigenvalue weighted by atomic mass is 16.6. The van der Waals surface area contributed by atoms with Crippen LogP contribution in [0.15, 0.2) is 42.5 Å². The molecule has 0 unspecified atom stereocenters. The Morgan fingerprint density at radius 2 is 1.61 bits per heavy atom. The zero-order chi connectivity index (χ0) is 24.4. The predicted molar refractivity (Wildman–Crippen MR) is 117 cm³/mol. The summed E-state index contributed by atoms with van der Waals surface area (Å²) in [6.07, 6.45) is -1.14. The van der Waals surface area contributed by atoms with E-state index in [1.54, 1.807) is 6.07 Å². The number of phenols is 4. The zero-order valence-corrected chi connectivity index (χ0v) is 17.7. The average molecular weight is 464 g/mol. The lowest BCUT2D eigenvalue weighted by molar-refractivity contribution is -0.153. The molecule has 0 aromatic heterocycles. The Hall–Kier alpha value is -3.31. The van der Waals surface area contributed by atoms with E-state index in [9.17, 15) is 40.5 Å². The molecule has 10 heteroatoms. The molecule has 0 amide bonds. The molecule has 0 radical (unpaired) electrons. The van der Waals surface area contributed by atoms with Crippen LogP contribution in [-0.2, 0) is 20.7 Å². The van der Waals surface area contributed by atoms with Crippen LogP contribution in [0.2, 0.25) is 0 Å². The van der Waals surface area contributed by atoms with Gasteiger partial charge in [0.15, 0.2) is 23.0 Å². The number of hydrogen-bond donors (Lipinski definition) is 7. The van der Waals surface area contributed by atoms with Gasteiger partial charge in [-0.15, -0.1) is 0 Å². The molecule has 3 atom stereocenters. The summed E-state index contributed by atoms with van der Waals surface area (Å²) in [5.74, 6) is -1.98. The number of phenolic OH excluding ortho intramolecular Hbond substituents is 4. The Labute approximate surface area is 190 Å². The molecule has 0 heterocycles. The lowest BCUT2D eigenvalue weighted by Gasteiger charge is -2.23. The van der Waals surface area contributed by atoms with E-state index in [1.165, 1.54) is 36.4 Å². The van der Waals surface area contributed by atoms with Crippen LogP contribution in [0.3, 0.4) is 0 Å². The van der Waals surface area contributed by atoms with Crippen LogP contribution in [0.1, 0.15) is 17.5 Å². The number of aliphatic hydroxyl groups is 3. The summed E-state index contributed by atoms with van der Waals surface area (Å²) in [6, 6.07) is 8.32. The Kier molecular flexibility index (Phi) is 9.95. The first-order chi connectivity index (χ1) is 15.7. The molecule has 33 heavy (non-hydrogen) atoms. The normalized spacial score (nSPS) is 14.2. The monoisotopic (exact) mass is 464 g/mol. The molecular weight excluding hydrogens is 436 g/mol. The number of rotatable bonds is 12. The Balaban J connectivity index is 1.82. The fourth-order valence-corrected chi connectivity index (χ4v) is 2.87. The van der Waals surface area contributed by atoms with Crippen molar-refractivity contribution < 1.29 is 50.0 Å². The highest BCUT2D eigenvalue weighted by Crippen LogP contribution is 2.26. The SMILES string of the molecule is O=C(/C=C/c1ccc(O)c(O)c1)O[C@@H](C[C@@H](O)COCCc1ccc(O)c(O)c1)[C@H](O)CO. The maximum absolute atomic E-state index is 12.1. The lowest BCUT2D eigenvalue weighted by Crippen LogP contribution is -2.37. The molecule has 2 aromatic rings. The number of hydrogen-bond acceptors (Lipinski definition) is 10. The van der Waals surface area contributed by atoms with Gasteiger partial charge in [0.25, 0.3) is 0 Å². The second kappa shape index (κ2) is 12.7. The molecule has 10 nitrogen and oxygen atoms in total. The number of aliphatic hydroxyl groups excluding tert-OH is 3. The lowest BCUT2D eigenvalue weighted by atomic mass is 10.1. The van der Waals surface area contributed by atoms with Crippen molar-refractivity contribution >= 4 is 12.0 Å². The summed E-state index contributed by atoms with van der Waals surface area (Å²) >= 11 is 0. The molecule has 0 aliphatic heterocycles. The third-order valence-electron chi connectivity index (χ3n) is 4.68. The van der Waals surface area contributed by atoms with E-state index < -0.39 is 30.9 Å². The highest BCUT2D eigenvalue weighted by molar-refractivity contribution is 5.87. The number of benzene rings is 2. The topological polar surface area (TPSA) is 177 Å². The fraction of sp³-hybridized carbons (Fsp3) is 0.348. The third kappa shape index (κ3) is 8.62.